The van der Waals surface area contributed by atoms with E-state index >= 15 is 0 Å². The van der Waals surface area contributed by atoms with Gasteiger partial charge in [-0.25, -0.2) is 0 Å². The SMILES string of the molecule is O=C(Cc1ccc(NC(=O)c2cc3ccccc3o2)cc1)NCCc1ccc(C(F)(F)F)cc1. The molecule has 34 heavy (non-hydrogen) atoms. The minimum Gasteiger partial charge on any atom is -0.451 e. The number of fused-ring (bicyclic) bond motifs is 1. The molecule has 2 amide bonds. The Balaban J connectivity index is 1.24. The highest BCUT2D eigenvalue weighted by molar-refractivity contribution is 6.04. The van der Waals surface area contributed by atoms with Crippen molar-refractivity contribution in [3.05, 3.63) is 101 Å². The zero-order valence-corrected chi connectivity index (χ0v) is 18.0. The van der Waals surface area contributed by atoms with Crippen LogP contribution in [-0.2, 0) is 23.8 Å². The Bertz CT molecular complexity index is 1260. The second-order valence-electron chi connectivity index (χ2n) is 7.77. The summed E-state index contributed by atoms with van der Waals surface area (Å²) in [7, 11) is 0. The van der Waals surface area contributed by atoms with E-state index < -0.39 is 11.7 Å². The predicted molar refractivity (Wildman–Crippen MR) is 122 cm³/mol. The molecule has 174 valence electrons. The topological polar surface area (TPSA) is 71.3 Å². The van der Waals surface area contributed by atoms with Crippen LogP contribution in [0.4, 0.5) is 18.9 Å². The summed E-state index contributed by atoms with van der Waals surface area (Å²) in [5.74, 6) is -0.367. The monoisotopic (exact) mass is 466 g/mol. The van der Waals surface area contributed by atoms with E-state index in [-0.39, 0.29) is 24.0 Å². The number of hydrogen-bond acceptors (Lipinski definition) is 3. The minimum atomic E-state index is -4.36. The molecule has 3 aromatic carbocycles. The summed E-state index contributed by atoms with van der Waals surface area (Å²) < 4.78 is 43.4. The standard InChI is InChI=1S/C26H21F3N2O3/c27-26(28,29)20-9-5-17(6-10-20)13-14-30-24(32)15-18-7-11-21(12-8-18)31-25(33)23-16-19-3-1-2-4-22(19)34-23/h1-12,16H,13-15H2,(H,30,32)(H,31,33). The molecule has 0 aliphatic rings. The Kier molecular flexibility index (Phi) is 6.67. The smallest absolute Gasteiger partial charge is 0.416 e. The highest BCUT2D eigenvalue weighted by Crippen LogP contribution is 2.29. The van der Waals surface area contributed by atoms with Gasteiger partial charge in [0.05, 0.1) is 12.0 Å². The summed E-state index contributed by atoms with van der Waals surface area (Å²) in [5, 5.41) is 6.36. The van der Waals surface area contributed by atoms with Crippen LogP contribution < -0.4 is 10.6 Å². The first-order valence-corrected chi connectivity index (χ1v) is 10.6. The Morgan fingerprint density at radius 2 is 1.53 bits per heavy atom. The average Bonchev–Trinajstić information content (AvgIpc) is 3.25. The van der Waals surface area contributed by atoms with Gasteiger partial charge in [-0.1, -0.05) is 42.5 Å². The molecule has 0 fully saturated rings. The maximum absolute atomic E-state index is 12.6. The molecule has 0 atom stereocenters. The molecule has 1 aromatic heterocycles. The average molecular weight is 466 g/mol. The normalized spacial score (nSPS) is 11.4. The van der Waals surface area contributed by atoms with Crippen molar-refractivity contribution in [2.24, 2.45) is 0 Å². The largest absolute Gasteiger partial charge is 0.451 e. The molecule has 2 N–H and O–H groups in total. The van der Waals surface area contributed by atoms with Gasteiger partial charge in [0.25, 0.3) is 5.91 Å². The van der Waals surface area contributed by atoms with Gasteiger partial charge in [-0.05, 0) is 53.9 Å². The maximum Gasteiger partial charge on any atom is 0.416 e. The van der Waals surface area contributed by atoms with Gasteiger partial charge in [0.2, 0.25) is 5.91 Å². The molecule has 0 radical (unpaired) electrons. The molecular formula is C26H21F3N2O3. The van der Waals surface area contributed by atoms with Crippen molar-refractivity contribution >= 4 is 28.5 Å². The molecule has 0 aliphatic carbocycles. The first-order valence-electron chi connectivity index (χ1n) is 10.6. The van der Waals surface area contributed by atoms with Crippen molar-refractivity contribution in [2.45, 2.75) is 19.0 Å². The van der Waals surface area contributed by atoms with Crippen molar-refractivity contribution in [2.75, 3.05) is 11.9 Å². The van der Waals surface area contributed by atoms with Gasteiger partial charge in [-0.2, -0.15) is 13.2 Å². The van der Waals surface area contributed by atoms with Crippen LogP contribution in [0.2, 0.25) is 0 Å². The third-order valence-electron chi connectivity index (χ3n) is 5.24. The van der Waals surface area contributed by atoms with E-state index in [2.05, 4.69) is 10.6 Å². The number of halogens is 3. The van der Waals surface area contributed by atoms with E-state index in [4.69, 9.17) is 4.42 Å². The van der Waals surface area contributed by atoms with Crippen molar-refractivity contribution < 1.29 is 27.2 Å². The van der Waals surface area contributed by atoms with Gasteiger partial charge in [0, 0.05) is 17.6 Å². The third-order valence-corrected chi connectivity index (χ3v) is 5.24. The summed E-state index contributed by atoms with van der Waals surface area (Å²) in [6.07, 6.45) is -3.79. The Morgan fingerprint density at radius 1 is 0.853 bits per heavy atom. The van der Waals surface area contributed by atoms with Crippen LogP contribution in [0.25, 0.3) is 11.0 Å². The van der Waals surface area contributed by atoms with E-state index in [1.54, 1.807) is 36.4 Å². The van der Waals surface area contributed by atoms with Crippen molar-refractivity contribution in [1.29, 1.82) is 0 Å². The first kappa shape index (κ1) is 23.1. The quantitative estimate of drug-likeness (QED) is 0.372. The molecule has 0 saturated heterocycles. The Morgan fingerprint density at radius 3 is 2.21 bits per heavy atom. The number of carbonyl (C=O) groups is 2. The van der Waals surface area contributed by atoms with Gasteiger partial charge in [0.1, 0.15) is 5.58 Å². The van der Waals surface area contributed by atoms with E-state index in [0.29, 0.717) is 29.8 Å². The molecular weight excluding hydrogens is 445 g/mol. The van der Waals surface area contributed by atoms with Gasteiger partial charge >= 0.3 is 6.18 Å². The lowest BCUT2D eigenvalue weighted by Gasteiger charge is -2.09. The van der Waals surface area contributed by atoms with E-state index in [9.17, 15) is 22.8 Å². The summed E-state index contributed by atoms with van der Waals surface area (Å²) in [6, 6.07) is 20.8. The number of hydrogen-bond donors (Lipinski definition) is 2. The van der Waals surface area contributed by atoms with E-state index in [1.165, 1.54) is 12.1 Å². The number of carbonyl (C=O) groups excluding carboxylic acids is 2. The molecule has 1 heterocycles. The summed E-state index contributed by atoms with van der Waals surface area (Å²) in [6.45, 7) is 0.315. The Labute approximate surface area is 193 Å². The number of nitrogens with one attached hydrogen (secondary N) is 2. The third kappa shape index (κ3) is 5.83. The summed E-state index contributed by atoms with van der Waals surface area (Å²) >= 11 is 0. The lowest BCUT2D eigenvalue weighted by atomic mass is 10.1. The molecule has 4 aromatic rings. The molecule has 0 unspecified atom stereocenters. The molecule has 8 heteroatoms. The fourth-order valence-electron chi connectivity index (χ4n) is 3.45. The van der Waals surface area contributed by atoms with E-state index in [1.807, 2.05) is 18.2 Å². The van der Waals surface area contributed by atoms with Gasteiger partial charge in [-0.3, -0.25) is 9.59 Å². The number of furan rings is 1. The van der Waals surface area contributed by atoms with Gasteiger partial charge < -0.3 is 15.1 Å². The van der Waals surface area contributed by atoms with Crippen LogP contribution in [0.1, 0.15) is 27.2 Å². The van der Waals surface area contributed by atoms with Gasteiger partial charge in [0.15, 0.2) is 5.76 Å². The number of para-hydroxylation sites is 1. The minimum absolute atomic E-state index is 0.144. The van der Waals surface area contributed by atoms with Gasteiger partial charge in [-0.15, -0.1) is 0 Å². The molecule has 0 saturated carbocycles. The van der Waals surface area contributed by atoms with Crippen LogP contribution in [0.5, 0.6) is 0 Å². The molecule has 0 bridgehead atoms. The number of rotatable bonds is 7. The lowest BCUT2D eigenvalue weighted by molar-refractivity contribution is -0.137. The van der Waals surface area contributed by atoms with Crippen molar-refractivity contribution in [3.63, 3.8) is 0 Å². The second-order valence-corrected chi connectivity index (χ2v) is 7.77. The fourth-order valence-corrected chi connectivity index (χ4v) is 3.45. The highest BCUT2D eigenvalue weighted by atomic mass is 19.4. The first-order chi connectivity index (χ1) is 16.3. The highest BCUT2D eigenvalue weighted by Gasteiger charge is 2.29. The van der Waals surface area contributed by atoms with Crippen molar-refractivity contribution in [1.82, 2.24) is 5.32 Å². The maximum atomic E-state index is 12.6. The van der Waals surface area contributed by atoms with Crippen LogP contribution >= 0.6 is 0 Å². The molecule has 0 spiro atoms. The second kappa shape index (κ2) is 9.82. The van der Waals surface area contributed by atoms with Crippen LogP contribution in [0.15, 0.2) is 83.3 Å². The molecule has 5 nitrogen and oxygen atoms in total. The zero-order chi connectivity index (χ0) is 24.1. The van der Waals surface area contributed by atoms with Crippen molar-refractivity contribution in [3.8, 4) is 0 Å². The Hall–Kier alpha value is -4.07. The van der Waals surface area contributed by atoms with Crippen LogP contribution in [0.3, 0.4) is 0 Å². The summed E-state index contributed by atoms with van der Waals surface area (Å²) in [5.41, 5.74) is 1.97. The van der Waals surface area contributed by atoms with Crippen LogP contribution in [-0.4, -0.2) is 18.4 Å². The molecule has 0 aliphatic heterocycles. The summed E-state index contributed by atoms with van der Waals surface area (Å²) in [4.78, 5) is 24.6. The lowest BCUT2D eigenvalue weighted by Crippen LogP contribution is -2.27. The fraction of sp³-hybridized carbons (Fsp3) is 0.154. The molecule has 4 rings (SSSR count). The number of alkyl halides is 3. The zero-order valence-electron chi connectivity index (χ0n) is 18.0. The van der Waals surface area contributed by atoms with E-state index in [0.717, 1.165) is 23.1 Å². The van der Waals surface area contributed by atoms with Crippen LogP contribution in [0, 0.1) is 0 Å². The number of anilines is 1. The number of benzene rings is 3. The number of amides is 2. The predicted octanol–water partition coefficient (Wildman–Crippen LogP) is 5.61.